The quantitative estimate of drug-likeness (QED) is 0.355. The molecular weight excluding hydrogens is 320 g/mol. The van der Waals surface area contributed by atoms with Gasteiger partial charge in [-0.1, -0.05) is 19.1 Å². The van der Waals surface area contributed by atoms with Crippen molar-refractivity contribution in [1.82, 2.24) is 0 Å². The van der Waals surface area contributed by atoms with Gasteiger partial charge in [-0.25, -0.2) is 4.79 Å². The van der Waals surface area contributed by atoms with Crippen molar-refractivity contribution in [2.75, 3.05) is 13.2 Å². The Hall–Kier alpha value is -1.35. The van der Waals surface area contributed by atoms with Crippen LogP contribution in [0.5, 0.6) is 0 Å². The highest BCUT2D eigenvalue weighted by molar-refractivity contribution is 5.67. The summed E-state index contributed by atoms with van der Waals surface area (Å²) in [6.07, 6.45) is 7.90. The smallest absolute Gasteiger partial charge is 0.329 e. The van der Waals surface area contributed by atoms with Crippen LogP contribution in [0.2, 0.25) is 0 Å². The molecular formula is C20H30O5. The Morgan fingerprint density at radius 3 is 2.84 bits per heavy atom. The molecule has 3 N–H and O–H groups in total. The van der Waals surface area contributed by atoms with Crippen LogP contribution in [0.15, 0.2) is 12.2 Å². The SMILES string of the molecule is CCC#CCC(O)C=C[C@H]1[C@@H]2CC(CCOCC(=O)O)C[C@H]2C[C@@H]1O. The first-order valence-corrected chi connectivity index (χ1v) is 9.31. The third-order valence-electron chi connectivity index (χ3n) is 5.39. The molecule has 0 amide bonds. The van der Waals surface area contributed by atoms with Gasteiger partial charge in [0.2, 0.25) is 0 Å². The number of carboxylic acids is 1. The van der Waals surface area contributed by atoms with E-state index in [1.54, 1.807) is 6.08 Å². The van der Waals surface area contributed by atoms with Crippen LogP contribution in [0.4, 0.5) is 0 Å². The van der Waals surface area contributed by atoms with Crippen LogP contribution >= 0.6 is 0 Å². The third kappa shape index (κ3) is 6.14. The van der Waals surface area contributed by atoms with Crippen molar-refractivity contribution in [2.24, 2.45) is 23.7 Å². The van der Waals surface area contributed by atoms with Gasteiger partial charge in [-0.15, -0.1) is 11.8 Å². The van der Waals surface area contributed by atoms with E-state index in [0.29, 0.717) is 30.8 Å². The third-order valence-corrected chi connectivity index (χ3v) is 5.39. The fraction of sp³-hybridized carbons (Fsp3) is 0.750. The first-order chi connectivity index (χ1) is 12.0. The Labute approximate surface area is 150 Å². The van der Waals surface area contributed by atoms with Gasteiger partial charge >= 0.3 is 5.97 Å². The summed E-state index contributed by atoms with van der Waals surface area (Å²) in [5.74, 6) is 6.56. The Bertz CT molecular complexity index is 518. The molecule has 0 saturated heterocycles. The molecule has 2 aliphatic rings. The van der Waals surface area contributed by atoms with Gasteiger partial charge in [0.15, 0.2) is 0 Å². The van der Waals surface area contributed by atoms with Crippen molar-refractivity contribution >= 4 is 5.97 Å². The molecule has 25 heavy (non-hydrogen) atoms. The number of carbonyl (C=O) groups is 1. The zero-order valence-corrected chi connectivity index (χ0v) is 14.9. The number of hydrogen-bond acceptors (Lipinski definition) is 4. The number of rotatable bonds is 8. The van der Waals surface area contributed by atoms with E-state index in [1.807, 2.05) is 13.0 Å². The van der Waals surface area contributed by atoms with Gasteiger partial charge in [0.05, 0.1) is 12.2 Å². The van der Waals surface area contributed by atoms with Crippen LogP contribution in [-0.4, -0.2) is 46.7 Å². The van der Waals surface area contributed by atoms with Gasteiger partial charge in [-0.05, 0) is 43.4 Å². The minimum atomic E-state index is -0.932. The summed E-state index contributed by atoms with van der Waals surface area (Å²) < 4.78 is 5.14. The normalized spacial score (nSPS) is 32.4. The lowest BCUT2D eigenvalue weighted by Gasteiger charge is -2.19. The summed E-state index contributed by atoms with van der Waals surface area (Å²) in [6.45, 7) is 2.23. The van der Waals surface area contributed by atoms with Gasteiger partial charge < -0.3 is 20.1 Å². The van der Waals surface area contributed by atoms with Crippen LogP contribution in [-0.2, 0) is 9.53 Å². The molecule has 0 radical (unpaired) electrons. The van der Waals surface area contributed by atoms with E-state index < -0.39 is 12.1 Å². The Morgan fingerprint density at radius 2 is 2.12 bits per heavy atom. The first kappa shape index (κ1) is 20.0. The predicted octanol–water partition coefficient (Wildman–Crippen LogP) is 2.22. The first-order valence-electron chi connectivity index (χ1n) is 9.31. The zero-order valence-electron chi connectivity index (χ0n) is 14.9. The van der Waals surface area contributed by atoms with Crippen LogP contribution in [0.1, 0.15) is 45.4 Å². The minimum Gasteiger partial charge on any atom is -0.480 e. The van der Waals surface area contributed by atoms with Crippen molar-refractivity contribution in [2.45, 2.75) is 57.7 Å². The molecule has 5 heteroatoms. The highest BCUT2D eigenvalue weighted by Gasteiger charge is 2.46. The highest BCUT2D eigenvalue weighted by atomic mass is 16.5. The van der Waals surface area contributed by atoms with Crippen LogP contribution in [0.25, 0.3) is 0 Å². The van der Waals surface area contributed by atoms with Crippen molar-refractivity contribution in [3.63, 3.8) is 0 Å². The maximum Gasteiger partial charge on any atom is 0.329 e. The lowest BCUT2D eigenvalue weighted by atomic mass is 9.89. The molecule has 0 aromatic rings. The second kappa shape index (κ2) is 9.96. The lowest BCUT2D eigenvalue weighted by Crippen LogP contribution is -2.18. The van der Waals surface area contributed by atoms with Gasteiger partial charge in [-0.3, -0.25) is 0 Å². The van der Waals surface area contributed by atoms with E-state index in [9.17, 15) is 15.0 Å². The molecule has 2 saturated carbocycles. The molecule has 2 unspecified atom stereocenters. The lowest BCUT2D eigenvalue weighted by molar-refractivity contribution is -0.142. The van der Waals surface area contributed by atoms with Crippen molar-refractivity contribution in [3.8, 4) is 11.8 Å². The predicted molar refractivity (Wildman–Crippen MR) is 94.7 cm³/mol. The standard InChI is InChI=1S/C20H30O5/c1-2-3-4-5-16(21)6-7-17-18-11-14(8-9-25-13-20(23)24)10-15(18)12-19(17)22/h6-7,14-19,21-22H,2,5,8-13H2,1H3,(H,23,24)/t14?,15-,16?,17-,18+,19-/m0/s1. The minimum absolute atomic E-state index is 0.101. The number of aliphatic hydroxyl groups excluding tert-OH is 2. The summed E-state index contributed by atoms with van der Waals surface area (Å²) in [5, 5.41) is 28.9. The second-order valence-electron chi connectivity index (χ2n) is 7.24. The molecule has 5 nitrogen and oxygen atoms in total. The molecule has 0 aliphatic heterocycles. The molecule has 0 heterocycles. The average molecular weight is 350 g/mol. The van der Waals surface area contributed by atoms with E-state index in [2.05, 4.69) is 11.8 Å². The number of fused-ring (bicyclic) bond motifs is 1. The maximum absolute atomic E-state index is 10.5. The molecule has 2 aliphatic carbocycles. The Morgan fingerprint density at radius 1 is 1.32 bits per heavy atom. The Balaban J connectivity index is 1.80. The molecule has 0 spiro atoms. The average Bonchev–Trinajstić information content (AvgIpc) is 3.06. The van der Waals surface area contributed by atoms with Gasteiger partial charge in [-0.2, -0.15) is 0 Å². The second-order valence-corrected chi connectivity index (χ2v) is 7.24. The topological polar surface area (TPSA) is 87.0 Å². The molecule has 6 atom stereocenters. The number of carboxylic acid groups (broad SMARTS) is 1. The van der Waals surface area contributed by atoms with Gasteiger partial charge in [0.25, 0.3) is 0 Å². The van der Waals surface area contributed by atoms with Crippen molar-refractivity contribution in [3.05, 3.63) is 12.2 Å². The summed E-state index contributed by atoms with van der Waals surface area (Å²) in [7, 11) is 0. The molecule has 0 aromatic carbocycles. The van der Waals surface area contributed by atoms with Crippen LogP contribution in [0.3, 0.4) is 0 Å². The summed E-state index contributed by atoms with van der Waals surface area (Å²) >= 11 is 0. The van der Waals surface area contributed by atoms with Crippen LogP contribution in [0, 0.1) is 35.5 Å². The van der Waals surface area contributed by atoms with E-state index in [4.69, 9.17) is 9.84 Å². The molecule has 2 rings (SSSR count). The van der Waals surface area contributed by atoms with Crippen LogP contribution < -0.4 is 0 Å². The maximum atomic E-state index is 10.5. The van der Waals surface area contributed by atoms with E-state index in [-0.39, 0.29) is 18.6 Å². The number of aliphatic carboxylic acids is 1. The zero-order chi connectivity index (χ0) is 18.2. The van der Waals surface area contributed by atoms with Gasteiger partial charge in [0, 0.05) is 25.4 Å². The van der Waals surface area contributed by atoms with Gasteiger partial charge in [0.1, 0.15) is 6.61 Å². The fourth-order valence-electron chi connectivity index (χ4n) is 4.31. The molecule has 0 aromatic heterocycles. The molecule has 2 fully saturated rings. The molecule has 140 valence electrons. The number of hydrogen-bond donors (Lipinski definition) is 3. The summed E-state index contributed by atoms with van der Waals surface area (Å²) in [6, 6.07) is 0. The van der Waals surface area contributed by atoms with E-state index >= 15 is 0 Å². The summed E-state index contributed by atoms with van der Waals surface area (Å²) in [4.78, 5) is 10.5. The highest BCUT2D eigenvalue weighted by Crippen LogP contribution is 2.51. The van der Waals surface area contributed by atoms with E-state index in [0.717, 1.165) is 32.1 Å². The Kier molecular flexibility index (Phi) is 7.95. The van der Waals surface area contributed by atoms with E-state index in [1.165, 1.54) is 0 Å². The fourth-order valence-corrected chi connectivity index (χ4v) is 4.31. The monoisotopic (exact) mass is 350 g/mol. The number of aliphatic hydroxyl groups is 2. The van der Waals surface area contributed by atoms with Crippen molar-refractivity contribution < 1.29 is 24.9 Å². The number of ether oxygens (including phenoxy) is 1. The largest absolute Gasteiger partial charge is 0.480 e. The molecule has 0 bridgehead atoms. The van der Waals surface area contributed by atoms with Crippen molar-refractivity contribution in [1.29, 1.82) is 0 Å². The summed E-state index contributed by atoms with van der Waals surface area (Å²) in [5.41, 5.74) is 0.